The maximum absolute atomic E-state index is 12.6. The fourth-order valence-corrected chi connectivity index (χ4v) is 5.13. The second-order valence-electron chi connectivity index (χ2n) is 9.37. The van der Waals surface area contributed by atoms with Crippen molar-refractivity contribution in [2.24, 2.45) is 5.41 Å². The highest BCUT2D eigenvalue weighted by molar-refractivity contribution is 5.80. The molecule has 6 heteroatoms. The molecule has 180 valence electrons. The molecule has 0 spiro atoms. The van der Waals surface area contributed by atoms with Crippen molar-refractivity contribution in [3.8, 4) is 5.75 Å². The summed E-state index contributed by atoms with van der Waals surface area (Å²) in [6.45, 7) is 3.12. The average Bonchev–Trinajstić information content (AvgIpc) is 2.86. The Morgan fingerprint density at radius 2 is 1.74 bits per heavy atom. The number of piperidine rings is 1. The highest BCUT2D eigenvalue weighted by Crippen LogP contribution is 2.37. The van der Waals surface area contributed by atoms with Crippen molar-refractivity contribution in [2.45, 2.75) is 45.1 Å². The number of likely N-dealkylation sites (tertiary alicyclic amines) is 1. The van der Waals surface area contributed by atoms with Crippen LogP contribution < -0.4 is 10.3 Å². The first kappa shape index (κ1) is 24.0. The number of benzene rings is 2. The van der Waals surface area contributed by atoms with Gasteiger partial charge in [-0.05, 0) is 87.3 Å². The van der Waals surface area contributed by atoms with Crippen molar-refractivity contribution in [3.63, 3.8) is 0 Å². The molecule has 1 aliphatic heterocycles. The predicted octanol–water partition coefficient (Wildman–Crippen LogP) is 4.59. The average molecular weight is 463 g/mol. The quantitative estimate of drug-likeness (QED) is 0.477. The smallest absolute Gasteiger partial charge is 0.309 e. The number of carbonyl (C=O) groups is 1. The van der Waals surface area contributed by atoms with E-state index in [0.717, 1.165) is 43.4 Å². The van der Waals surface area contributed by atoms with Crippen LogP contribution in [0.5, 0.6) is 5.75 Å². The molecule has 4 rings (SSSR count). The largest absolute Gasteiger partial charge is 0.497 e. The van der Waals surface area contributed by atoms with Crippen LogP contribution in [0.15, 0.2) is 65.5 Å². The van der Waals surface area contributed by atoms with Gasteiger partial charge >= 0.3 is 5.97 Å². The summed E-state index contributed by atoms with van der Waals surface area (Å²) in [4.78, 5) is 27.3. The Labute approximate surface area is 200 Å². The molecule has 2 heterocycles. The molecule has 0 atom stereocenters. The zero-order valence-corrected chi connectivity index (χ0v) is 19.9. The van der Waals surface area contributed by atoms with E-state index in [1.807, 2.05) is 30.3 Å². The number of fused-ring (bicyclic) bond motifs is 1. The van der Waals surface area contributed by atoms with Crippen LogP contribution in [0, 0.1) is 5.41 Å². The molecule has 1 aromatic heterocycles. The SMILES string of the molecule is COc1ccc2ccc(=O)n(CCCC3(C(=O)O)CCN(CCCc4ccccc4)CC3)c2c1. The number of hydrogen-bond acceptors (Lipinski definition) is 4. The first-order chi connectivity index (χ1) is 16.5. The predicted molar refractivity (Wildman–Crippen MR) is 134 cm³/mol. The van der Waals surface area contributed by atoms with Crippen LogP contribution in [-0.2, 0) is 17.8 Å². The van der Waals surface area contributed by atoms with Gasteiger partial charge in [-0.2, -0.15) is 0 Å². The van der Waals surface area contributed by atoms with Crippen LogP contribution in [0.4, 0.5) is 0 Å². The summed E-state index contributed by atoms with van der Waals surface area (Å²) in [6.07, 6.45) is 4.67. The molecule has 0 unspecified atom stereocenters. The molecule has 0 saturated carbocycles. The molecular weight excluding hydrogens is 428 g/mol. The second-order valence-corrected chi connectivity index (χ2v) is 9.37. The van der Waals surface area contributed by atoms with E-state index >= 15 is 0 Å². The molecular formula is C28H34N2O4. The molecule has 0 bridgehead atoms. The minimum absolute atomic E-state index is 0.0710. The highest BCUT2D eigenvalue weighted by Gasteiger charge is 2.40. The monoisotopic (exact) mass is 462 g/mol. The van der Waals surface area contributed by atoms with E-state index in [2.05, 4.69) is 29.2 Å². The van der Waals surface area contributed by atoms with Crippen molar-refractivity contribution >= 4 is 16.9 Å². The number of carboxylic acids is 1. The lowest BCUT2D eigenvalue weighted by Gasteiger charge is -2.39. The molecule has 0 aliphatic carbocycles. The molecule has 1 aliphatic rings. The van der Waals surface area contributed by atoms with Crippen molar-refractivity contribution in [3.05, 3.63) is 76.6 Å². The van der Waals surface area contributed by atoms with Gasteiger partial charge in [-0.3, -0.25) is 9.59 Å². The van der Waals surface area contributed by atoms with Crippen LogP contribution in [0.3, 0.4) is 0 Å². The number of aromatic nitrogens is 1. The van der Waals surface area contributed by atoms with Crippen LogP contribution in [0.1, 0.15) is 37.7 Å². The van der Waals surface area contributed by atoms with Crippen LogP contribution in [0.2, 0.25) is 0 Å². The number of methoxy groups -OCH3 is 1. The second kappa shape index (κ2) is 10.9. The molecule has 0 radical (unpaired) electrons. The first-order valence-corrected chi connectivity index (χ1v) is 12.2. The van der Waals surface area contributed by atoms with Crippen LogP contribution >= 0.6 is 0 Å². The van der Waals surface area contributed by atoms with Crippen molar-refractivity contribution in [1.82, 2.24) is 9.47 Å². The Kier molecular flexibility index (Phi) is 7.68. The molecule has 1 fully saturated rings. The van der Waals surface area contributed by atoms with Gasteiger partial charge in [-0.1, -0.05) is 30.3 Å². The molecule has 34 heavy (non-hydrogen) atoms. The molecule has 1 N–H and O–H groups in total. The van der Waals surface area contributed by atoms with Gasteiger partial charge in [0.2, 0.25) is 0 Å². The van der Waals surface area contributed by atoms with E-state index in [1.54, 1.807) is 17.7 Å². The van der Waals surface area contributed by atoms with Crippen molar-refractivity contribution in [1.29, 1.82) is 0 Å². The van der Waals surface area contributed by atoms with E-state index in [1.165, 1.54) is 5.56 Å². The van der Waals surface area contributed by atoms with E-state index in [4.69, 9.17) is 4.74 Å². The zero-order chi connectivity index (χ0) is 24.0. The van der Waals surface area contributed by atoms with Gasteiger partial charge in [0, 0.05) is 18.7 Å². The number of aliphatic carboxylic acids is 1. The number of hydrogen-bond donors (Lipinski definition) is 1. The summed E-state index contributed by atoms with van der Waals surface area (Å²) in [5, 5.41) is 11.1. The van der Waals surface area contributed by atoms with Gasteiger partial charge in [0.1, 0.15) is 5.75 Å². The topological polar surface area (TPSA) is 71.8 Å². The summed E-state index contributed by atoms with van der Waals surface area (Å²) in [7, 11) is 1.61. The highest BCUT2D eigenvalue weighted by atomic mass is 16.5. The standard InChI is InChI=1S/C28H34N2O4/c1-34-24-12-10-23-11-13-26(31)30(25(23)21-24)18-6-14-28(27(32)33)15-19-29(20-16-28)17-5-9-22-7-3-2-4-8-22/h2-4,7-8,10-13,21H,5-6,9,14-20H2,1H3,(H,32,33). The van der Waals surface area contributed by atoms with E-state index < -0.39 is 11.4 Å². The fourth-order valence-electron chi connectivity index (χ4n) is 5.13. The number of ether oxygens (including phenoxy) is 1. The van der Waals surface area contributed by atoms with Gasteiger partial charge in [-0.25, -0.2) is 0 Å². The minimum Gasteiger partial charge on any atom is -0.497 e. The molecule has 6 nitrogen and oxygen atoms in total. The molecule has 2 aromatic carbocycles. The van der Waals surface area contributed by atoms with Gasteiger partial charge < -0.3 is 19.3 Å². The number of carboxylic acid groups (broad SMARTS) is 1. The van der Waals surface area contributed by atoms with E-state index in [-0.39, 0.29) is 5.56 Å². The van der Waals surface area contributed by atoms with Gasteiger partial charge in [0.25, 0.3) is 5.56 Å². The molecule has 1 saturated heterocycles. The third-order valence-corrected chi connectivity index (χ3v) is 7.29. The Balaban J connectivity index is 1.34. The summed E-state index contributed by atoms with van der Waals surface area (Å²) in [6, 6.07) is 19.6. The van der Waals surface area contributed by atoms with Crippen LogP contribution in [0.25, 0.3) is 10.9 Å². The van der Waals surface area contributed by atoms with Crippen molar-refractivity contribution < 1.29 is 14.6 Å². The van der Waals surface area contributed by atoms with Gasteiger partial charge in [0.05, 0.1) is 18.0 Å². The number of nitrogens with zero attached hydrogens (tertiary/aromatic N) is 2. The Bertz CT molecular complexity index is 1160. The third kappa shape index (κ3) is 5.50. The summed E-state index contributed by atoms with van der Waals surface area (Å²) >= 11 is 0. The lowest BCUT2D eigenvalue weighted by molar-refractivity contribution is -0.152. The maximum atomic E-state index is 12.6. The Morgan fingerprint density at radius 3 is 2.44 bits per heavy atom. The zero-order valence-electron chi connectivity index (χ0n) is 19.9. The maximum Gasteiger partial charge on any atom is 0.309 e. The van der Waals surface area contributed by atoms with Gasteiger partial charge in [0.15, 0.2) is 0 Å². The normalized spacial score (nSPS) is 15.9. The summed E-state index contributed by atoms with van der Waals surface area (Å²) < 4.78 is 7.07. The number of pyridine rings is 1. The van der Waals surface area contributed by atoms with Crippen molar-refractivity contribution in [2.75, 3.05) is 26.7 Å². The van der Waals surface area contributed by atoms with Crippen LogP contribution in [-0.4, -0.2) is 47.3 Å². The molecule has 0 amide bonds. The summed E-state index contributed by atoms with van der Waals surface area (Å²) in [5.74, 6) is -0.00290. The number of rotatable bonds is 10. The van der Waals surface area contributed by atoms with E-state index in [9.17, 15) is 14.7 Å². The number of aryl methyl sites for hydroxylation is 2. The first-order valence-electron chi connectivity index (χ1n) is 12.2. The molecule has 3 aromatic rings. The minimum atomic E-state index is -0.707. The fraction of sp³-hybridized carbons (Fsp3) is 0.429. The lowest BCUT2D eigenvalue weighted by atomic mass is 9.74. The Morgan fingerprint density at radius 1 is 1.00 bits per heavy atom. The Hall–Kier alpha value is -3.12. The third-order valence-electron chi connectivity index (χ3n) is 7.29. The van der Waals surface area contributed by atoms with Gasteiger partial charge in [-0.15, -0.1) is 0 Å². The van der Waals surface area contributed by atoms with E-state index in [0.29, 0.717) is 38.0 Å². The summed E-state index contributed by atoms with van der Waals surface area (Å²) in [5.41, 5.74) is 1.39. The lowest BCUT2D eigenvalue weighted by Crippen LogP contribution is -2.44.